The third kappa shape index (κ3) is 8.40. The van der Waals surface area contributed by atoms with Gasteiger partial charge in [0, 0.05) is 0 Å². The fourth-order valence-electron chi connectivity index (χ4n) is 5.67. The third-order valence-electron chi connectivity index (χ3n) is 7.99. The van der Waals surface area contributed by atoms with Gasteiger partial charge in [-0.15, -0.1) is 5.10 Å². The Morgan fingerprint density at radius 1 is 0.644 bits per heavy atom. The molecule has 45 heavy (non-hydrogen) atoms. The SMILES string of the molecule is O=C1CN2CCN3CCN(CCN(CC2)Cc2cccc(n2)-c2c(C(F)(F)F)nnn2Cc2cccc(n2)C3)CC(=O)[O][Tl][O]1. The average Bonchev–Trinajstić information content (AvgIpc) is 3.42. The molecule has 3 aromatic rings. The first-order valence-electron chi connectivity index (χ1n) is 14.7. The Morgan fingerprint density at radius 3 is 1.64 bits per heavy atom. The Hall–Kier alpha value is -3.07. The molecule has 0 aromatic carbocycles. The van der Waals surface area contributed by atoms with Crippen molar-refractivity contribution in [1.82, 2.24) is 44.6 Å². The fraction of sp³-hybridized carbons (Fsp3) is 0.500. The summed E-state index contributed by atoms with van der Waals surface area (Å²) in [5, 5.41) is 7.40. The zero-order valence-electron chi connectivity index (χ0n) is 24.5. The number of fused-ring (bicyclic) bond motifs is 6. The average molecular weight is 820 g/mol. The van der Waals surface area contributed by atoms with Crippen LogP contribution in [0, 0.1) is 0 Å². The quantitative estimate of drug-likeness (QED) is 0.297. The summed E-state index contributed by atoms with van der Waals surface area (Å²) in [6, 6.07) is 10.4. The second kappa shape index (κ2) is 14.1. The monoisotopic (exact) mass is 820 g/mol. The van der Waals surface area contributed by atoms with E-state index in [4.69, 9.17) is 10.4 Å². The van der Waals surface area contributed by atoms with Crippen LogP contribution in [0.1, 0.15) is 22.8 Å². The van der Waals surface area contributed by atoms with Crippen molar-refractivity contribution in [2.45, 2.75) is 25.8 Å². The molecule has 0 spiro atoms. The van der Waals surface area contributed by atoms with E-state index in [0.29, 0.717) is 76.8 Å². The van der Waals surface area contributed by atoms with Crippen molar-refractivity contribution in [3.8, 4) is 11.4 Å². The van der Waals surface area contributed by atoms with Crippen LogP contribution < -0.4 is 0 Å². The first kappa shape index (κ1) is 31.9. The summed E-state index contributed by atoms with van der Waals surface area (Å²) in [7, 11) is 0. The van der Waals surface area contributed by atoms with Crippen molar-refractivity contribution in [2.75, 3.05) is 65.4 Å². The molecule has 2 unspecified atom stereocenters. The van der Waals surface area contributed by atoms with Crippen molar-refractivity contribution in [1.29, 1.82) is 0 Å². The molecule has 237 valence electrons. The molecule has 5 aliphatic heterocycles. The molecule has 0 saturated carbocycles. The topological polar surface area (TPSA) is 122 Å². The summed E-state index contributed by atoms with van der Waals surface area (Å²) in [6.07, 6.45) is -4.73. The van der Waals surface area contributed by atoms with Crippen molar-refractivity contribution in [2.24, 2.45) is 0 Å². The van der Waals surface area contributed by atoms with Gasteiger partial charge in [0.05, 0.1) is 0 Å². The first-order chi connectivity index (χ1) is 21.7. The summed E-state index contributed by atoms with van der Waals surface area (Å²) in [5.41, 5.74) is 0.611. The Balaban J connectivity index is 1.44. The van der Waals surface area contributed by atoms with Crippen molar-refractivity contribution in [3.63, 3.8) is 0 Å². The number of hydrogen-bond acceptors (Lipinski definition) is 12. The van der Waals surface area contributed by atoms with Gasteiger partial charge in [0.25, 0.3) is 0 Å². The van der Waals surface area contributed by atoms with Crippen LogP contribution >= 0.6 is 0 Å². The van der Waals surface area contributed by atoms with Gasteiger partial charge in [-0.25, -0.2) is 4.68 Å². The van der Waals surface area contributed by atoms with Gasteiger partial charge >= 0.3 is 238 Å². The second-order valence-electron chi connectivity index (χ2n) is 11.3. The molecule has 3 saturated heterocycles. The van der Waals surface area contributed by atoms with E-state index in [1.807, 2.05) is 21.9 Å². The molecule has 13 nitrogen and oxygen atoms in total. The van der Waals surface area contributed by atoms with Gasteiger partial charge in [0.1, 0.15) is 0 Å². The minimum atomic E-state index is -4.73. The van der Waals surface area contributed by atoms with Crippen LogP contribution in [-0.4, -0.2) is 147 Å². The van der Waals surface area contributed by atoms with Gasteiger partial charge in [0.2, 0.25) is 0 Å². The van der Waals surface area contributed by atoms with E-state index < -0.39 is 48.9 Å². The van der Waals surface area contributed by atoms with Crippen LogP contribution in [0.25, 0.3) is 11.4 Å². The number of rotatable bonds is 0. The van der Waals surface area contributed by atoms with Crippen LogP contribution in [0.4, 0.5) is 13.2 Å². The number of nitrogens with zero attached hydrogens (tertiary/aromatic N) is 9. The van der Waals surface area contributed by atoms with Crippen LogP contribution in [0.3, 0.4) is 0 Å². The van der Waals surface area contributed by atoms with Crippen molar-refractivity contribution >= 4 is 37.1 Å². The Kier molecular flexibility index (Phi) is 10.0. The molecule has 8 bridgehead atoms. The first-order valence-corrected chi connectivity index (χ1v) is 18.4. The molecular formula is C28H32F3N9O4Tl. The molecule has 0 aliphatic carbocycles. The maximum absolute atomic E-state index is 14.1. The minimum absolute atomic E-state index is 0.0268. The zero-order valence-corrected chi connectivity index (χ0v) is 29.0. The molecule has 3 aromatic heterocycles. The van der Waals surface area contributed by atoms with Crippen molar-refractivity contribution < 1.29 is 28.1 Å². The molecule has 17 heteroatoms. The Morgan fingerprint density at radius 2 is 1.11 bits per heavy atom. The van der Waals surface area contributed by atoms with Gasteiger partial charge < -0.3 is 0 Å². The predicted molar refractivity (Wildman–Crippen MR) is 153 cm³/mol. The summed E-state index contributed by atoms with van der Waals surface area (Å²) in [5.74, 6) is -0.808. The second-order valence-corrected chi connectivity index (χ2v) is 13.8. The molecule has 0 amide bonds. The molecule has 0 N–H and O–H groups in total. The van der Waals surface area contributed by atoms with Gasteiger partial charge in [-0.1, -0.05) is 5.21 Å². The maximum atomic E-state index is 14.1. The molecule has 8 rings (SSSR count). The van der Waals surface area contributed by atoms with Gasteiger partial charge in [-0.2, -0.15) is 13.2 Å². The van der Waals surface area contributed by atoms with Crippen molar-refractivity contribution in [3.05, 3.63) is 59.2 Å². The summed E-state index contributed by atoms with van der Waals surface area (Å²) < 4.78 is 54.4. The van der Waals surface area contributed by atoms with E-state index in [1.54, 1.807) is 18.2 Å². The van der Waals surface area contributed by atoms with Crippen LogP contribution in [0.15, 0.2) is 36.4 Å². The number of pyridine rings is 2. The number of alkyl halides is 3. The number of carbonyl (C=O) groups excluding carboxylic acids is 2. The number of halogens is 3. The van der Waals surface area contributed by atoms with Crippen LogP contribution in [0.2, 0.25) is 0 Å². The Labute approximate surface area is 270 Å². The standard InChI is InChI=1S/C28H34F3N9O4.Tl/c29-28(30,31)27-26-23-6-2-5-21(33-23)16-37-9-13-38(18-24(41)42)11-7-36(8-12-39(14-10-37)19-25(43)44)15-20-3-1-4-22(32-20)17-40(26)35-34-27;/h1-6H,7-19H2,(H,41,42)(H,43,44);/q;+2/p-2. The van der Waals surface area contributed by atoms with Crippen LogP contribution in [-0.2, 0) is 40.8 Å². The summed E-state index contributed by atoms with van der Waals surface area (Å²) in [6.45, 7) is 5.65. The molecule has 8 heterocycles. The molecule has 3 fully saturated rings. The van der Waals surface area contributed by atoms with E-state index in [0.717, 1.165) is 5.69 Å². The normalized spacial score (nSPS) is 25.0. The fourth-order valence-corrected chi connectivity index (χ4v) is 7.27. The zero-order chi connectivity index (χ0) is 31.4. The van der Waals surface area contributed by atoms with Gasteiger partial charge in [-0.05, 0) is 0 Å². The summed E-state index contributed by atoms with van der Waals surface area (Å²) >= 11 is -2.46. The van der Waals surface area contributed by atoms with E-state index in [9.17, 15) is 22.8 Å². The number of aromatic nitrogens is 5. The van der Waals surface area contributed by atoms with E-state index in [1.165, 1.54) is 10.7 Å². The van der Waals surface area contributed by atoms with E-state index in [-0.39, 0.29) is 31.0 Å². The van der Waals surface area contributed by atoms with E-state index >= 15 is 0 Å². The predicted octanol–water partition coefficient (Wildman–Crippen LogP) is 0.672. The molecule has 0 radical (unpaired) electrons. The number of carbonyl (C=O) groups is 2. The molecule has 2 atom stereocenters. The third-order valence-corrected chi connectivity index (χ3v) is 10.8. The molecular weight excluding hydrogens is 788 g/mol. The summed E-state index contributed by atoms with van der Waals surface area (Å²) in [4.78, 5) is 43.3. The van der Waals surface area contributed by atoms with E-state index in [2.05, 4.69) is 25.1 Å². The van der Waals surface area contributed by atoms with Crippen LogP contribution in [0.5, 0.6) is 0 Å². The van der Waals surface area contributed by atoms with Gasteiger partial charge in [0.15, 0.2) is 5.69 Å². The van der Waals surface area contributed by atoms with Gasteiger partial charge in [-0.3, -0.25) is 0 Å². The Bertz CT molecular complexity index is 1490. The number of hydrogen-bond donors (Lipinski definition) is 0. The molecule has 5 aliphatic rings.